The number of ether oxygens (including phenoxy) is 1. The number of halogens is 1. The number of nitrogens with one attached hydrogen (secondary N) is 2. The maximum absolute atomic E-state index is 12.7. The van der Waals surface area contributed by atoms with Gasteiger partial charge in [-0.05, 0) is 48.0 Å². The van der Waals surface area contributed by atoms with E-state index in [9.17, 15) is 13.2 Å². The molecule has 0 saturated heterocycles. The maximum Gasteiger partial charge on any atom is 0.261 e. The van der Waals surface area contributed by atoms with E-state index < -0.39 is 15.9 Å². The number of anilines is 2. The van der Waals surface area contributed by atoms with Crippen LogP contribution in [0.4, 0.5) is 11.4 Å². The molecule has 0 atom stereocenters. The summed E-state index contributed by atoms with van der Waals surface area (Å²) in [6, 6.07) is 19.5. The highest BCUT2D eigenvalue weighted by Crippen LogP contribution is 2.24. The summed E-state index contributed by atoms with van der Waals surface area (Å²) in [5.41, 5.74) is 1.87. The number of sulfonamides is 1. The van der Waals surface area contributed by atoms with Gasteiger partial charge < -0.3 is 10.1 Å². The molecule has 150 valence electrons. The SMILES string of the molecule is COCc1cccc(NC(=O)c2cc(NS(=O)(=O)c3ccccc3)ccc2Cl)c1. The Balaban J connectivity index is 1.82. The molecule has 6 nitrogen and oxygen atoms in total. The molecule has 2 N–H and O–H groups in total. The number of methoxy groups -OCH3 is 1. The van der Waals surface area contributed by atoms with Crippen LogP contribution in [0.15, 0.2) is 77.7 Å². The fourth-order valence-corrected chi connectivity index (χ4v) is 3.95. The van der Waals surface area contributed by atoms with E-state index in [0.29, 0.717) is 12.3 Å². The van der Waals surface area contributed by atoms with Gasteiger partial charge in [0, 0.05) is 18.5 Å². The molecule has 0 heterocycles. The zero-order valence-electron chi connectivity index (χ0n) is 15.6. The Labute approximate surface area is 174 Å². The summed E-state index contributed by atoms with van der Waals surface area (Å²) in [6.07, 6.45) is 0. The first-order valence-corrected chi connectivity index (χ1v) is 10.5. The Morgan fingerprint density at radius 3 is 2.45 bits per heavy atom. The summed E-state index contributed by atoms with van der Waals surface area (Å²) in [6.45, 7) is 0.418. The lowest BCUT2D eigenvalue weighted by Crippen LogP contribution is -2.15. The number of hydrogen-bond donors (Lipinski definition) is 2. The van der Waals surface area contributed by atoms with Crippen molar-refractivity contribution in [2.24, 2.45) is 0 Å². The fourth-order valence-electron chi connectivity index (χ4n) is 2.68. The van der Waals surface area contributed by atoms with Gasteiger partial charge in [0.2, 0.25) is 0 Å². The molecule has 0 aliphatic rings. The van der Waals surface area contributed by atoms with Gasteiger partial charge in [0.15, 0.2) is 0 Å². The van der Waals surface area contributed by atoms with Gasteiger partial charge in [-0.3, -0.25) is 9.52 Å². The Hall–Kier alpha value is -2.87. The maximum atomic E-state index is 12.7. The van der Waals surface area contributed by atoms with E-state index in [4.69, 9.17) is 16.3 Å². The number of rotatable bonds is 7. The molecule has 0 bridgehead atoms. The van der Waals surface area contributed by atoms with Crippen molar-refractivity contribution in [3.8, 4) is 0 Å². The Kier molecular flexibility index (Phi) is 6.53. The van der Waals surface area contributed by atoms with Crippen LogP contribution in [0.25, 0.3) is 0 Å². The van der Waals surface area contributed by atoms with Crippen molar-refractivity contribution in [3.05, 3.63) is 88.9 Å². The average Bonchev–Trinajstić information content (AvgIpc) is 2.70. The Morgan fingerprint density at radius 1 is 0.966 bits per heavy atom. The van der Waals surface area contributed by atoms with Crippen LogP contribution in [-0.4, -0.2) is 21.4 Å². The minimum Gasteiger partial charge on any atom is -0.380 e. The molecule has 0 fully saturated rings. The second-order valence-electron chi connectivity index (χ2n) is 6.20. The van der Waals surface area contributed by atoms with Gasteiger partial charge >= 0.3 is 0 Å². The van der Waals surface area contributed by atoms with Crippen molar-refractivity contribution in [1.82, 2.24) is 0 Å². The molecule has 0 aromatic heterocycles. The summed E-state index contributed by atoms with van der Waals surface area (Å²) in [5.74, 6) is -0.453. The predicted octanol–water partition coefficient (Wildman–Crippen LogP) is 4.54. The Morgan fingerprint density at radius 2 is 1.72 bits per heavy atom. The largest absolute Gasteiger partial charge is 0.380 e. The van der Waals surface area contributed by atoms with E-state index in [1.54, 1.807) is 43.5 Å². The number of carbonyl (C=O) groups is 1. The van der Waals surface area contributed by atoms with E-state index >= 15 is 0 Å². The van der Waals surface area contributed by atoms with Gasteiger partial charge in [0.05, 0.1) is 22.1 Å². The molecular weight excluding hydrogens is 412 g/mol. The molecule has 0 saturated carbocycles. The third-order valence-electron chi connectivity index (χ3n) is 4.01. The Bertz CT molecular complexity index is 1120. The molecule has 0 aliphatic carbocycles. The third kappa shape index (κ3) is 5.35. The molecule has 0 spiro atoms. The molecule has 3 aromatic carbocycles. The van der Waals surface area contributed by atoms with Crippen LogP contribution in [0.1, 0.15) is 15.9 Å². The minimum absolute atomic E-state index is 0.121. The fraction of sp³-hybridized carbons (Fsp3) is 0.0952. The van der Waals surface area contributed by atoms with Gasteiger partial charge in [-0.15, -0.1) is 0 Å². The van der Waals surface area contributed by atoms with Crippen molar-refractivity contribution < 1.29 is 17.9 Å². The molecule has 29 heavy (non-hydrogen) atoms. The molecule has 0 unspecified atom stereocenters. The first-order valence-electron chi connectivity index (χ1n) is 8.66. The van der Waals surface area contributed by atoms with Crippen molar-refractivity contribution in [3.63, 3.8) is 0 Å². The zero-order valence-corrected chi connectivity index (χ0v) is 17.1. The number of carbonyl (C=O) groups excluding carboxylic acids is 1. The van der Waals surface area contributed by atoms with Crippen molar-refractivity contribution >= 4 is 38.9 Å². The first-order chi connectivity index (χ1) is 13.9. The number of amides is 1. The smallest absolute Gasteiger partial charge is 0.261 e. The molecule has 8 heteroatoms. The zero-order chi connectivity index (χ0) is 20.9. The highest BCUT2D eigenvalue weighted by molar-refractivity contribution is 7.92. The average molecular weight is 431 g/mol. The monoisotopic (exact) mass is 430 g/mol. The summed E-state index contributed by atoms with van der Waals surface area (Å²) in [4.78, 5) is 12.8. The summed E-state index contributed by atoms with van der Waals surface area (Å²) in [7, 11) is -2.19. The second-order valence-corrected chi connectivity index (χ2v) is 8.29. The van der Waals surface area contributed by atoms with Crippen LogP contribution in [0.3, 0.4) is 0 Å². The molecule has 0 radical (unpaired) electrons. The third-order valence-corrected chi connectivity index (χ3v) is 5.74. The highest BCUT2D eigenvalue weighted by atomic mass is 35.5. The molecule has 1 amide bonds. The topological polar surface area (TPSA) is 84.5 Å². The van der Waals surface area contributed by atoms with E-state index in [1.807, 2.05) is 6.07 Å². The van der Waals surface area contributed by atoms with Crippen LogP contribution in [-0.2, 0) is 21.4 Å². The first kappa shape index (κ1) is 20.9. The van der Waals surface area contributed by atoms with Crippen molar-refractivity contribution in [2.75, 3.05) is 17.1 Å². The van der Waals surface area contributed by atoms with Crippen LogP contribution in [0, 0.1) is 0 Å². The number of benzene rings is 3. The van der Waals surface area contributed by atoms with Gasteiger partial charge in [-0.2, -0.15) is 0 Å². The van der Waals surface area contributed by atoms with E-state index in [2.05, 4.69) is 10.0 Å². The van der Waals surface area contributed by atoms with Gasteiger partial charge in [0.1, 0.15) is 0 Å². The quantitative estimate of drug-likeness (QED) is 0.576. The van der Waals surface area contributed by atoms with Crippen LogP contribution in [0.2, 0.25) is 5.02 Å². The predicted molar refractivity (Wildman–Crippen MR) is 114 cm³/mol. The lowest BCUT2D eigenvalue weighted by Gasteiger charge is -2.12. The van der Waals surface area contributed by atoms with E-state index in [-0.39, 0.29) is 21.2 Å². The summed E-state index contributed by atoms with van der Waals surface area (Å²) >= 11 is 6.17. The second kappa shape index (κ2) is 9.09. The minimum atomic E-state index is -3.78. The van der Waals surface area contributed by atoms with E-state index in [0.717, 1.165) is 5.56 Å². The van der Waals surface area contributed by atoms with Crippen LogP contribution in [0.5, 0.6) is 0 Å². The molecular formula is C21H19ClN2O4S. The van der Waals surface area contributed by atoms with Gasteiger partial charge in [-0.1, -0.05) is 41.9 Å². The summed E-state index contributed by atoms with van der Waals surface area (Å²) in [5, 5.41) is 2.97. The van der Waals surface area contributed by atoms with Crippen LogP contribution >= 0.6 is 11.6 Å². The molecule has 3 aromatic rings. The lowest BCUT2D eigenvalue weighted by molar-refractivity contribution is 0.102. The highest BCUT2D eigenvalue weighted by Gasteiger charge is 2.17. The lowest BCUT2D eigenvalue weighted by atomic mass is 10.1. The van der Waals surface area contributed by atoms with Gasteiger partial charge in [-0.25, -0.2) is 8.42 Å². The molecule has 0 aliphatic heterocycles. The normalized spacial score (nSPS) is 11.1. The standard InChI is InChI=1S/C21H19ClN2O4S/c1-28-14-15-6-5-7-16(12-15)23-21(25)19-13-17(10-11-20(19)22)24-29(26,27)18-8-3-2-4-9-18/h2-13,24H,14H2,1H3,(H,23,25). The number of hydrogen-bond acceptors (Lipinski definition) is 4. The molecule has 3 rings (SSSR count). The summed E-state index contributed by atoms with van der Waals surface area (Å²) < 4.78 is 32.6. The van der Waals surface area contributed by atoms with Crippen molar-refractivity contribution in [2.45, 2.75) is 11.5 Å². The van der Waals surface area contributed by atoms with Crippen molar-refractivity contribution in [1.29, 1.82) is 0 Å². The van der Waals surface area contributed by atoms with E-state index in [1.165, 1.54) is 30.3 Å². The van der Waals surface area contributed by atoms with Crippen LogP contribution < -0.4 is 10.0 Å². The van der Waals surface area contributed by atoms with Gasteiger partial charge in [0.25, 0.3) is 15.9 Å².